The number of nitrogens with two attached hydrogens (primary N) is 1. The Morgan fingerprint density at radius 3 is 3.10 bits per heavy atom. The SMILES string of the molecule is COC(C)c1nc(CNC(=O)C2CCCCC2(C)N)cs1. The molecule has 2 rings (SSSR count). The highest BCUT2D eigenvalue weighted by Crippen LogP contribution is 2.31. The van der Waals surface area contributed by atoms with Crippen LogP contribution in [0.5, 0.6) is 0 Å². The first-order chi connectivity index (χ1) is 9.94. The van der Waals surface area contributed by atoms with E-state index >= 15 is 0 Å². The summed E-state index contributed by atoms with van der Waals surface area (Å²) >= 11 is 1.56. The summed E-state index contributed by atoms with van der Waals surface area (Å²) in [6.07, 6.45) is 3.97. The fourth-order valence-electron chi connectivity index (χ4n) is 2.78. The quantitative estimate of drug-likeness (QED) is 0.875. The predicted molar refractivity (Wildman–Crippen MR) is 83.9 cm³/mol. The van der Waals surface area contributed by atoms with Crippen molar-refractivity contribution in [2.24, 2.45) is 11.7 Å². The molecule has 21 heavy (non-hydrogen) atoms. The third-order valence-corrected chi connectivity index (χ3v) is 5.34. The molecule has 0 bridgehead atoms. The molecule has 1 saturated carbocycles. The third-order valence-electron chi connectivity index (χ3n) is 4.29. The molecule has 3 unspecified atom stereocenters. The molecule has 0 spiro atoms. The number of carbonyl (C=O) groups is 1. The molecule has 0 saturated heterocycles. The summed E-state index contributed by atoms with van der Waals surface area (Å²) in [5, 5.41) is 5.88. The Balaban J connectivity index is 1.90. The van der Waals surface area contributed by atoms with E-state index in [1.165, 1.54) is 0 Å². The van der Waals surface area contributed by atoms with Gasteiger partial charge in [0.15, 0.2) is 0 Å². The number of nitrogens with one attached hydrogen (secondary N) is 1. The van der Waals surface area contributed by atoms with Crippen molar-refractivity contribution in [3.8, 4) is 0 Å². The molecule has 6 heteroatoms. The minimum atomic E-state index is -0.389. The Bertz CT molecular complexity index is 487. The molecular formula is C15H25N3O2S. The lowest BCUT2D eigenvalue weighted by atomic mass is 9.74. The Labute approximate surface area is 130 Å². The van der Waals surface area contributed by atoms with Gasteiger partial charge in [-0.2, -0.15) is 0 Å². The average molecular weight is 311 g/mol. The Kier molecular flexibility index (Phi) is 5.35. The number of rotatable bonds is 5. The van der Waals surface area contributed by atoms with Crippen molar-refractivity contribution >= 4 is 17.2 Å². The number of hydrogen-bond acceptors (Lipinski definition) is 5. The van der Waals surface area contributed by atoms with Gasteiger partial charge in [0.1, 0.15) is 11.1 Å². The van der Waals surface area contributed by atoms with E-state index in [0.717, 1.165) is 36.4 Å². The summed E-state index contributed by atoms with van der Waals surface area (Å²) in [6, 6.07) is 0. The summed E-state index contributed by atoms with van der Waals surface area (Å²) in [5.41, 5.74) is 6.75. The number of ether oxygens (including phenoxy) is 1. The standard InChI is InChI=1S/C15H25N3O2S/c1-10(20-3)14-18-11(9-21-14)8-17-13(19)12-6-4-5-7-15(12,2)16/h9-10,12H,4-8,16H2,1-3H3,(H,17,19). The molecule has 0 aliphatic heterocycles. The molecule has 0 radical (unpaired) electrons. The molecule has 1 aromatic rings. The number of amides is 1. The van der Waals surface area contributed by atoms with Gasteiger partial charge in [0.05, 0.1) is 18.2 Å². The molecule has 1 amide bonds. The van der Waals surface area contributed by atoms with Crippen LogP contribution in [0.4, 0.5) is 0 Å². The lowest BCUT2D eigenvalue weighted by Gasteiger charge is -2.37. The third kappa shape index (κ3) is 4.02. The molecule has 1 heterocycles. The first-order valence-electron chi connectivity index (χ1n) is 7.47. The first-order valence-corrected chi connectivity index (χ1v) is 8.35. The summed E-state index contributed by atoms with van der Waals surface area (Å²) in [6.45, 7) is 4.40. The smallest absolute Gasteiger partial charge is 0.225 e. The molecule has 1 fully saturated rings. The summed E-state index contributed by atoms with van der Waals surface area (Å²) in [4.78, 5) is 16.8. The predicted octanol–water partition coefficient (Wildman–Crippen LogP) is 2.37. The topological polar surface area (TPSA) is 77.2 Å². The largest absolute Gasteiger partial charge is 0.375 e. The van der Waals surface area contributed by atoms with Crippen LogP contribution in [-0.4, -0.2) is 23.5 Å². The van der Waals surface area contributed by atoms with Crippen LogP contribution >= 0.6 is 11.3 Å². The Hall–Kier alpha value is -0.980. The maximum atomic E-state index is 12.3. The molecule has 3 atom stereocenters. The van der Waals surface area contributed by atoms with Gasteiger partial charge in [-0.1, -0.05) is 12.8 Å². The molecular weight excluding hydrogens is 286 g/mol. The second-order valence-electron chi connectivity index (χ2n) is 6.08. The van der Waals surface area contributed by atoms with Gasteiger partial charge in [-0.25, -0.2) is 4.98 Å². The minimum absolute atomic E-state index is 0.00914. The minimum Gasteiger partial charge on any atom is -0.375 e. The van der Waals surface area contributed by atoms with Gasteiger partial charge in [0, 0.05) is 18.0 Å². The molecule has 3 N–H and O–H groups in total. The van der Waals surface area contributed by atoms with Gasteiger partial charge in [-0.15, -0.1) is 11.3 Å². The van der Waals surface area contributed by atoms with Crippen LogP contribution in [0.3, 0.4) is 0 Å². The second kappa shape index (κ2) is 6.85. The molecule has 118 valence electrons. The highest BCUT2D eigenvalue weighted by molar-refractivity contribution is 7.09. The zero-order valence-corrected chi connectivity index (χ0v) is 13.8. The molecule has 0 aromatic carbocycles. The lowest BCUT2D eigenvalue weighted by Crippen LogP contribution is -2.52. The zero-order chi connectivity index (χ0) is 15.5. The van der Waals surface area contributed by atoms with Gasteiger partial charge >= 0.3 is 0 Å². The fraction of sp³-hybridized carbons (Fsp3) is 0.733. The normalized spacial score (nSPS) is 27.3. The van der Waals surface area contributed by atoms with E-state index in [4.69, 9.17) is 10.5 Å². The van der Waals surface area contributed by atoms with Crippen molar-refractivity contribution in [3.05, 3.63) is 16.1 Å². The van der Waals surface area contributed by atoms with E-state index in [1.807, 2.05) is 19.2 Å². The number of aromatic nitrogens is 1. The van der Waals surface area contributed by atoms with E-state index < -0.39 is 0 Å². The van der Waals surface area contributed by atoms with Crippen molar-refractivity contribution in [1.82, 2.24) is 10.3 Å². The van der Waals surface area contributed by atoms with Crippen molar-refractivity contribution < 1.29 is 9.53 Å². The maximum Gasteiger partial charge on any atom is 0.225 e. The fourth-order valence-corrected chi connectivity index (χ4v) is 3.63. The van der Waals surface area contributed by atoms with E-state index in [-0.39, 0.29) is 23.5 Å². The van der Waals surface area contributed by atoms with Crippen molar-refractivity contribution in [1.29, 1.82) is 0 Å². The van der Waals surface area contributed by atoms with Gasteiger partial charge in [-0.05, 0) is 26.7 Å². The van der Waals surface area contributed by atoms with E-state index in [0.29, 0.717) is 6.54 Å². The number of carbonyl (C=O) groups excluding carboxylic acids is 1. The highest BCUT2D eigenvalue weighted by atomic mass is 32.1. The Morgan fingerprint density at radius 2 is 2.43 bits per heavy atom. The number of thiazole rings is 1. The summed E-state index contributed by atoms with van der Waals surface area (Å²) in [5.74, 6) is -0.0451. The Morgan fingerprint density at radius 1 is 1.67 bits per heavy atom. The van der Waals surface area contributed by atoms with Crippen LogP contribution in [0.15, 0.2) is 5.38 Å². The zero-order valence-electron chi connectivity index (χ0n) is 13.0. The van der Waals surface area contributed by atoms with Gasteiger partial charge in [0.2, 0.25) is 5.91 Å². The van der Waals surface area contributed by atoms with Crippen LogP contribution in [0, 0.1) is 5.92 Å². The molecule has 1 aliphatic carbocycles. The maximum absolute atomic E-state index is 12.3. The molecule has 5 nitrogen and oxygen atoms in total. The van der Waals surface area contributed by atoms with Crippen LogP contribution in [0.1, 0.15) is 56.3 Å². The van der Waals surface area contributed by atoms with Crippen LogP contribution < -0.4 is 11.1 Å². The summed E-state index contributed by atoms with van der Waals surface area (Å²) in [7, 11) is 1.67. The highest BCUT2D eigenvalue weighted by Gasteiger charge is 2.37. The molecule has 1 aliphatic rings. The van der Waals surface area contributed by atoms with E-state index in [1.54, 1.807) is 18.4 Å². The number of nitrogens with zero attached hydrogens (tertiary/aromatic N) is 1. The van der Waals surface area contributed by atoms with E-state index in [2.05, 4.69) is 10.3 Å². The van der Waals surface area contributed by atoms with Crippen LogP contribution in [0.2, 0.25) is 0 Å². The van der Waals surface area contributed by atoms with Crippen molar-refractivity contribution in [3.63, 3.8) is 0 Å². The number of hydrogen-bond donors (Lipinski definition) is 2. The van der Waals surface area contributed by atoms with Crippen molar-refractivity contribution in [2.75, 3.05) is 7.11 Å². The van der Waals surface area contributed by atoms with Crippen molar-refractivity contribution in [2.45, 2.75) is 57.7 Å². The monoisotopic (exact) mass is 311 g/mol. The van der Waals surface area contributed by atoms with Gasteiger partial charge < -0.3 is 15.8 Å². The summed E-state index contributed by atoms with van der Waals surface area (Å²) < 4.78 is 5.24. The second-order valence-corrected chi connectivity index (χ2v) is 6.97. The number of methoxy groups -OCH3 is 1. The van der Waals surface area contributed by atoms with Gasteiger partial charge in [0.25, 0.3) is 0 Å². The van der Waals surface area contributed by atoms with Crippen LogP contribution in [0.25, 0.3) is 0 Å². The average Bonchev–Trinajstić information content (AvgIpc) is 2.92. The first kappa shape index (κ1) is 16.4. The van der Waals surface area contributed by atoms with E-state index in [9.17, 15) is 4.79 Å². The molecule has 1 aromatic heterocycles. The van der Waals surface area contributed by atoms with Gasteiger partial charge in [-0.3, -0.25) is 4.79 Å². The van der Waals surface area contributed by atoms with Crippen LogP contribution in [-0.2, 0) is 16.1 Å². The lowest BCUT2D eigenvalue weighted by molar-refractivity contribution is -0.128.